The number of benzene rings is 2. The molecule has 2 aromatic rings. The maximum absolute atomic E-state index is 12.0. The number of carbonyl (C=O) groups excluding carboxylic acids is 4. The summed E-state index contributed by atoms with van der Waals surface area (Å²) in [7, 11) is 0. The third-order valence-corrected chi connectivity index (χ3v) is 14.1. The lowest BCUT2D eigenvalue weighted by Gasteiger charge is -2.46. The first-order valence-electron chi connectivity index (χ1n) is 28.9. The van der Waals surface area contributed by atoms with Gasteiger partial charge in [0.1, 0.15) is 71.9 Å². The first kappa shape index (κ1) is 74.9. The molecule has 3 heterocycles. The van der Waals surface area contributed by atoms with Gasteiger partial charge in [-0.1, -0.05) is 92.6 Å². The van der Waals surface area contributed by atoms with Crippen molar-refractivity contribution in [3.8, 4) is 0 Å². The van der Waals surface area contributed by atoms with Crippen LogP contribution in [0.25, 0.3) is 0 Å². The molecule has 27 heteroatoms. The van der Waals surface area contributed by atoms with Crippen LogP contribution in [-0.4, -0.2) is 160 Å². The van der Waals surface area contributed by atoms with E-state index in [2.05, 4.69) is 20.9 Å². The van der Waals surface area contributed by atoms with E-state index in [-0.39, 0.29) is 63.0 Å². The number of amides is 1. The van der Waals surface area contributed by atoms with E-state index in [0.717, 1.165) is 23.6 Å². The third kappa shape index (κ3) is 24.6. The summed E-state index contributed by atoms with van der Waals surface area (Å²) in [6.45, 7) is 22.0. The van der Waals surface area contributed by atoms with Gasteiger partial charge in [0, 0.05) is 49.1 Å². The number of aryl methyl sites for hydroxylation is 2. The molecule has 9 N–H and O–H groups in total. The van der Waals surface area contributed by atoms with Crippen LogP contribution in [0.4, 0.5) is 17.1 Å². The highest BCUT2D eigenvalue weighted by Gasteiger charge is 2.50. The molecule has 486 valence electrons. The zero-order valence-corrected chi connectivity index (χ0v) is 51.8. The van der Waals surface area contributed by atoms with Crippen molar-refractivity contribution in [2.24, 2.45) is 21.4 Å². The Bertz CT molecular complexity index is 2760. The summed E-state index contributed by atoms with van der Waals surface area (Å²) in [5, 5.41) is 109. The summed E-state index contributed by atoms with van der Waals surface area (Å²) in [4.78, 5) is 81.7. The number of oxime groups is 1. The number of allylic oxidation sites excluding steroid dienone is 2. The number of aliphatic hydroxyl groups is 7. The number of anilines is 1. The summed E-state index contributed by atoms with van der Waals surface area (Å²) in [6.07, 6.45) is -4.88. The molecule has 0 bridgehead atoms. The number of ketones is 3. The summed E-state index contributed by atoms with van der Waals surface area (Å²) in [5.74, 6) is -0.0824. The number of fused-ring (bicyclic) bond motifs is 1. The van der Waals surface area contributed by atoms with Crippen LogP contribution in [0.5, 0.6) is 0 Å². The minimum atomic E-state index is -1.67. The number of Topliss-reactive ketones (excluding diaryl/α,β-unsaturated/α-hetero) is 3. The van der Waals surface area contributed by atoms with Gasteiger partial charge in [0.15, 0.2) is 12.3 Å². The van der Waals surface area contributed by atoms with Gasteiger partial charge in [-0.3, -0.25) is 54.5 Å². The highest BCUT2D eigenvalue weighted by molar-refractivity contribution is 6.07. The number of non-ortho nitro benzene ring substituents is 1. The summed E-state index contributed by atoms with van der Waals surface area (Å²) >= 11 is 0. The monoisotopic (exact) mass is 1230 g/mol. The zero-order valence-electron chi connectivity index (χ0n) is 51.8. The van der Waals surface area contributed by atoms with Crippen molar-refractivity contribution in [3.63, 3.8) is 0 Å². The normalized spacial score (nSPS) is 24.3. The van der Waals surface area contributed by atoms with Crippen LogP contribution in [0.15, 0.2) is 65.0 Å². The lowest BCUT2D eigenvalue weighted by atomic mass is 9.85. The second-order valence-corrected chi connectivity index (χ2v) is 25.6. The van der Waals surface area contributed by atoms with E-state index in [9.17, 15) is 85.3 Å². The Kier molecular flexibility index (Phi) is 29.1. The van der Waals surface area contributed by atoms with Gasteiger partial charge in [-0.15, -0.1) is 5.48 Å². The quantitative estimate of drug-likeness (QED) is 0.0375. The van der Waals surface area contributed by atoms with Crippen molar-refractivity contribution in [3.05, 3.63) is 107 Å². The second kappa shape index (κ2) is 33.8. The van der Waals surface area contributed by atoms with Crippen LogP contribution in [0.3, 0.4) is 0 Å². The number of carbonyl (C=O) groups is 4. The number of nitro benzene ring substituents is 2. The van der Waals surface area contributed by atoms with Gasteiger partial charge >= 0.3 is 0 Å². The fraction of sp³-hybridized carbons (Fsp3) is 0.650. The molecule has 6 rings (SSSR count). The maximum Gasteiger partial charge on any atom is 0.279 e. The molecular formula is C60H90N6O21. The number of nitrogens with zero attached hydrogens (tertiary/aromatic N) is 4. The summed E-state index contributed by atoms with van der Waals surface area (Å²) < 4.78 is 16.5. The van der Waals surface area contributed by atoms with Crippen molar-refractivity contribution in [2.75, 3.05) is 18.5 Å². The molecule has 11 atom stereocenters. The van der Waals surface area contributed by atoms with Crippen LogP contribution in [0.2, 0.25) is 0 Å². The lowest BCUT2D eigenvalue weighted by molar-refractivity contribution is -0.429. The molecule has 0 saturated carbocycles. The van der Waals surface area contributed by atoms with E-state index >= 15 is 0 Å². The van der Waals surface area contributed by atoms with Gasteiger partial charge < -0.3 is 55.3 Å². The van der Waals surface area contributed by atoms with E-state index in [1.807, 2.05) is 81.4 Å². The third-order valence-electron chi connectivity index (χ3n) is 14.1. The van der Waals surface area contributed by atoms with Crippen LogP contribution in [-0.2, 0) is 51.2 Å². The van der Waals surface area contributed by atoms with Gasteiger partial charge in [-0.05, 0) is 97.5 Å². The topological polar surface area (TPSA) is 413 Å². The Labute approximate surface area is 506 Å². The van der Waals surface area contributed by atoms with E-state index in [4.69, 9.17) is 14.2 Å². The van der Waals surface area contributed by atoms with Crippen molar-refractivity contribution < 1.29 is 88.8 Å². The molecular weight excluding hydrogens is 1140 g/mol. The van der Waals surface area contributed by atoms with Crippen molar-refractivity contribution in [2.45, 2.75) is 221 Å². The summed E-state index contributed by atoms with van der Waals surface area (Å²) in [6, 6.07) is 9.22. The molecule has 1 aliphatic carbocycles. The summed E-state index contributed by atoms with van der Waals surface area (Å²) in [5.41, 5.74) is 6.41. The molecule has 2 aromatic carbocycles. The molecule has 0 radical (unpaired) electrons. The Morgan fingerprint density at radius 2 is 1.33 bits per heavy atom. The smallest absolute Gasteiger partial charge is 0.279 e. The maximum atomic E-state index is 12.0. The fourth-order valence-corrected chi connectivity index (χ4v) is 9.55. The molecule has 1 amide bonds. The molecule has 0 aromatic heterocycles. The second-order valence-electron chi connectivity index (χ2n) is 25.6. The van der Waals surface area contributed by atoms with Gasteiger partial charge in [0.25, 0.3) is 17.1 Å². The Balaban J connectivity index is 0.000000313. The number of hydrogen-bond donors (Lipinski definition) is 9. The van der Waals surface area contributed by atoms with Crippen molar-refractivity contribution >= 4 is 46.0 Å². The minimum Gasteiger partial charge on any atom is -0.394 e. The van der Waals surface area contributed by atoms with Crippen molar-refractivity contribution in [1.82, 2.24) is 5.48 Å². The highest BCUT2D eigenvalue weighted by atomic mass is 16.8. The molecule has 5 unspecified atom stereocenters. The largest absolute Gasteiger partial charge is 0.394 e. The number of rotatable bonds is 22. The van der Waals surface area contributed by atoms with Gasteiger partial charge in [0.2, 0.25) is 5.91 Å². The highest BCUT2D eigenvalue weighted by Crippen LogP contribution is 2.35. The first-order valence-corrected chi connectivity index (χ1v) is 28.9. The van der Waals surface area contributed by atoms with E-state index in [1.54, 1.807) is 25.1 Å². The van der Waals surface area contributed by atoms with Gasteiger partial charge in [-0.25, -0.2) is 0 Å². The molecule has 4 aliphatic rings. The van der Waals surface area contributed by atoms with Crippen LogP contribution in [0.1, 0.15) is 151 Å². The number of aliphatic hydroxyl groups excluding tert-OH is 7. The number of nitrogens with one attached hydrogen (secondary N) is 2. The van der Waals surface area contributed by atoms with Crippen LogP contribution >= 0.6 is 0 Å². The molecule has 27 nitrogen and oxygen atoms in total. The average molecular weight is 1230 g/mol. The Hall–Kier alpha value is -6.37. The van der Waals surface area contributed by atoms with E-state index < -0.39 is 95.3 Å². The Morgan fingerprint density at radius 1 is 0.724 bits per heavy atom. The number of hydrogen-bond acceptors (Lipinski definition) is 23. The standard InChI is InChI=1S/C22H31NO4.C18H34O10.C12H16N2O4.C8H9N3O3/c1-16(24)14-19(25)13-10-17-8-11-18(12-9-17)23-21(27)7-5-6-20(26)15-22(2,3)4;1-18(2,3)5-4-8-12(22)16(13(23)10(7-20)26-8)28-17-15(25)14(24)11(21)9(6-19)27-17;1-8-5-9(13(15)16)6-11(14(17)18)10(8)7-12(2,3)4;1-2-5-3-4-6(11(12)13)8-7(5)9-14-10-8/h8-9,11-12H,5-7,10,13-15H2,1-4H3,(H,23,27);8-17,19-25H,4-7H2,1-3H3;5-6H,7H2,1-4H3;3-4,8,10H,2H2,1H3/t;8-,9?,10?,11-,12?,13-,14-,15?,16+,17-;;/m.0../s1. The Morgan fingerprint density at radius 3 is 1.86 bits per heavy atom. The van der Waals surface area contributed by atoms with Gasteiger partial charge in [-0.2, -0.15) is 0 Å². The molecule has 2 saturated heterocycles. The van der Waals surface area contributed by atoms with Crippen LogP contribution < -0.4 is 10.8 Å². The minimum absolute atomic E-state index is 0.00754. The van der Waals surface area contributed by atoms with E-state index in [1.165, 1.54) is 19.1 Å². The predicted octanol–water partition coefficient (Wildman–Crippen LogP) is 5.92. The van der Waals surface area contributed by atoms with Gasteiger partial charge in [0.05, 0.1) is 46.6 Å². The van der Waals surface area contributed by atoms with E-state index in [0.29, 0.717) is 80.3 Å². The van der Waals surface area contributed by atoms with Crippen LogP contribution in [0, 0.1) is 53.5 Å². The SMILES string of the molecule is CC(=O)CC(=O)CCc1ccc(NC(=O)CCCC(=O)CC(C)(C)C)cc1.CC(C)(C)CC[C@@H]1OC(CO)[C@H](O)[C@H](O[C@@H]2OC(CO)[C@H](O)[C@H](O)C2O)C1O.CCC1=CC=C([N+](=O)[O-])C2NON=C12.Cc1cc([N+](=O)[O-])cc([N+](=O)[O-])c1CC(C)(C)C. The lowest BCUT2D eigenvalue weighted by Crippen LogP contribution is -2.64. The number of ether oxygens (including phenoxy) is 3. The number of hydroxylamine groups is 1. The van der Waals surface area contributed by atoms with Crippen molar-refractivity contribution in [1.29, 1.82) is 0 Å². The molecule has 3 aliphatic heterocycles. The fourth-order valence-electron chi connectivity index (χ4n) is 9.55. The average Bonchev–Trinajstić information content (AvgIpc) is 2.25. The molecule has 0 spiro atoms. The predicted molar refractivity (Wildman–Crippen MR) is 318 cm³/mol. The zero-order chi connectivity index (χ0) is 65.9. The first-order chi connectivity index (χ1) is 40.4. The molecule has 87 heavy (non-hydrogen) atoms. The molecule has 2 fully saturated rings. The number of nitro groups is 3.